The highest BCUT2D eigenvalue weighted by molar-refractivity contribution is 6.01. The van der Waals surface area contributed by atoms with E-state index in [0.29, 0.717) is 12.0 Å². The molecule has 1 fully saturated rings. The van der Waals surface area contributed by atoms with Gasteiger partial charge in [0, 0.05) is 6.54 Å². The predicted molar refractivity (Wildman–Crippen MR) is 115 cm³/mol. The average Bonchev–Trinajstić information content (AvgIpc) is 3.16. The minimum absolute atomic E-state index is 0.0582. The molecule has 0 bridgehead atoms. The number of ketones is 1. The molecule has 200 valence electrons. The third-order valence-corrected chi connectivity index (χ3v) is 5.07. The van der Waals surface area contributed by atoms with Gasteiger partial charge in [0.15, 0.2) is 0 Å². The van der Waals surface area contributed by atoms with Crippen molar-refractivity contribution >= 4 is 23.7 Å². The van der Waals surface area contributed by atoms with E-state index in [0.717, 1.165) is 4.90 Å². The van der Waals surface area contributed by atoms with E-state index in [1.54, 1.807) is 20.8 Å². The Morgan fingerprint density at radius 3 is 1.97 bits per heavy atom. The van der Waals surface area contributed by atoms with Gasteiger partial charge in [-0.2, -0.15) is 22.0 Å². The monoisotopic (exact) mass is 513 g/mol. The molecule has 0 aromatic heterocycles. The summed E-state index contributed by atoms with van der Waals surface area (Å²) in [7, 11) is 0. The zero-order valence-electron chi connectivity index (χ0n) is 20.7. The highest BCUT2D eigenvalue weighted by Gasteiger charge is 2.64. The average molecular weight is 514 g/mol. The van der Waals surface area contributed by atoms with Crippen LogP contribution >= 0.6 is 0 Å². The van der Waals surface area contributed by atoms with Gasteiger partial charge in [-0.25, -0.2) is 4.79 Å². The lowest BCUT2D eigenvalue weighted by Gasteiger charge is -2.30. The van der Waals surface area contributed by atoms with Gasteiger partial charge < -0.3 is 15.0 Å². The molecule has 2 N–H and O–H groups in total. The number of allylic oxidation sites excluding steroid dienone is 1. The molecule has 35 heavy (non-hydrogen) atoms. The van der Waals surface area contributed by atoms with Crippen molar-refractivity contribution in [3.05, 3.63) is 11.3 Å². The van der Waals surface area contributed by atoms with E-state index in [2.05, 4.69) is 5.32 Å². The number of hydrogen-bond acceptors (Lipinski definition) is 5. The maximum Gasteiger partial charge on any atom is 0.461 e. The molecule has 1 saturated heterocycles. The number of ether oxygens (including phenoxy) is 1. The first-order valence-corrected chi connectivity index (χ1v) is 11.0. The van der Waals surface area contributed by atoms with E-state index in [1.165, 1.54) is 27.7 Å². The number of nitrogens with zero attached hydrogens (tertiary/aromatic N) is 1. The molecule has 0 aliphatic carbocycles. The first-order valence-electron chi connectivity index (χ1n) is 11.0. The smallest absolute Gasteiger partial charge is 0.444 e. The largest absolute Gasteiger partial charge is 0.461 e. The lowest BCUT2D eigenvalue weighted by Crippen LogP contribution is -2.58. The molecule has 1 aliphatic rings. The van der Waals surface area contributed by atoms with Crippen LogP contribution in [0.15, 0.2) is 11.3 Å². The zero-order chi connectivity index (χ0) is 27.5. The molecular formula is C22H32F5N3O5. The molecule has 0 aromatic carbocycles. The second-order valence-electron chi connectivity index (χ2n) is 9.83. The summed E-state index contributed by atoms with van der Waals surface area (Å²) in [5.41, 5.74) is -0.640. The Balaban J connectivity index is 3.12. The Bertz CT molecular complexity index is 874. The number of alkyl carbamates (subject to hydrolysis) is 1. The van der Waals surface area contributed by atoms with Crippen molar-refractivity contribution in [1.82, 2.24) is 15.5 Å². The maximum atomic E-state index is 13.7. The minimum atomic E-state index is -6.12. The number of Topliss-reactive ketones (excluding diaryl/α,β-unsaturated/α-hetero) is 1. The number of amides is 3. The van der Waals surface area contributed by atoms with E-state index < -0.39 is 59.4 Å². The van der Waals surface area contributed by atoms with Crippen LogP contribution in [0, 0.1) is 5.92 Å². The third kappa shape index (κ3) is 7.63. The van der Waals surface area contributed by atoms with Gasteiger partial charge in [-0.15, -0.1) is 0 Å². The van der Waals surface area contributed by atoms with Crippen LogP contribution in [-0.2, 0) is 19.1 Å². The summed E-state index contributed by atoms with van der Waals surface area (Å²) >= 11 is 0. The lowest BCUT2D eigenvalue weighted by atomic mass is 9.95. The van der Waals surface area contributed by atoms with Crippen LogP contribution in [0.3, 0.4) is 0 Å². The minimum Gasteiger partial charge on any atom is -0.444 e. The fourth-order valence-electron chi connectivity index (χ4n) is 3.34. The highest BCUT2D eigenvalue weighted by atomic mass is 19.4. The summed E-state index contributed by atoms with van der Waals surface area (Å²) in [6, 6.07) is -3.38. The SMILES string of the molecule is CC(C)=C(NC(=O)OC(C)(C)C)C(=O)N1CCC[C@H]1C(=O)N[C@H](C(=O)C(F)(F)C(F)(F)F)C(C)C. The number of carbonyl (C=O) groups excluding carboxylic acids is 4. The van der Waals surface area contributed by atoms with Crippen LogP contribution in [0.4, 0.5) is 26.7 Å². The van der Waals surface area contributed by atoms with Gasteiger partial charge in [-0.05, 0) is 59.0 Å². The van der Waals surface area contributed by atoms with Crippen molar-refractivity contribution in [3.8, 4) is 0 Å². The van der Waals surface area contributed by atoms with Gasteiger partial charge in [-0.1, -0.05) is 13.8 Å². The Morgan fingerprint density at radius 1 is 1.00 bits per heavy atom. The molecule has 13 heteroatoms. The summed E-state index contributed by atoms with van der Waals surface area (Å²) in [5.74, 6) is -11.0. The first-order chi connectivity index (χ1) is 15.7. The Hall–Kier alpha value is -2.73. The summed E-state index contributed by atoms with van der Waals surface area (Å²) in [6.07, 6.45) is -6.63. The number of nitrogens with one attached hydrogen (secondary N) is 2. The number of rotatable bonds is 7. The number of hydrogen-bond donors (Lipinski definition) is 2. The van der Waals surface area contributed by atoms with Crippen molar-refractivity contribution in [3.63, 3.8) is 0 Å². The van der Waals surface area contributed by atoms with Crippen molar-refractivity contribution in [2.24, 2.45) is 5.92 Å². The third-order valence-electron chi connectivity index (χ3n) is 5.07. The Morgan fingerprint density at radius 2 is 1.54 bits per heavy atom. The molecule has 1 aliphatic heterocycles. The standard InChI is InChI=1S/C22H32F5N3O5/c1-11(2)14(16(31)21(23,24)22(25,26)27)28-17(32)13-9-8-10-30(13)18(33)15(12(3)4)29-19(34)35-20(5,6)7/h11,13-14H,8-10H2,1-7H3,(H,28,32)(H,29,34)/t13-,14-/m0/s1. The quantitative estimate of drug-likeness (QED) is 0.399. The van der Waals surface area contributed by atoms with Gasteiger partial charge >= 0.3 is 18.2 Å². The highest BCUT2D eigenvalue weighted by Crippen LogP contribution is 2.37. The van der Waals surface area contributed by atoms with Crippen molar-refractivity contribution < 1.29 is 45.9 Å². The Labute approximate surface area is 200 Å². The van der Waals surface area contributed by atoms with Crippen molar-refractivity contribution in [1.29, 1.82) is 0 Å². The molecule has 3 amide bonds. The van der Waals surface area contributed by atoms with Crippen LogP contribution in [0.1, 0.15) is 61.3 Å². The summed E-state index contributed by atoms with van der Waals surface area (Å²) < 4.78 is 70.5. The summed E-state index contributed by atoms with van der Waals surface area (Å²) in [5, 5.41) is 4.31. The predicted octanol–water partition coefficient (Wildman–Crippen LogP) is 3.70. The second kappa shape index (κ2) is 10.9. The van der Waals surface area contributed by atoms with E-state index in [9.17, 15) is 41.1 Å². The summed E-state index contributed by atoms with van der Waals surface area (Å²) in [4.78, 5) is 51.2. The van der Waals surface area contributed by atoms with Gasteiger partial charge in [0.2, 0.25) is 11.7 Å². The first kappa shape index (κ1) is 30.3. The van der Waals surface area contributed by atoms with E-state index >= 15 is 0 Å². The van der Waals surface area contributed by atoms with Crippen LogP contribution in [0.2, 0.25) is 0 Å². The van der Waals surface area contributed by atoms with Gasteiger partial charge in [0.25, 0.3) is 5.91 Å². The fourth-order valence-corrected chi connectivity index (χ4v) is 3.34. The number of halogens is 5. The molecule has 0 aromatic rings. The molecular weight excluding hydrogens is 481 g/mol. The fraction of sp³-hybridized carbons (Fsp3) is 0.727. The lowest BCUT2D eigenvalue weighted by molar-refractivity contribution is -0.270. The molecule has 1 heterocycles. The molecule has 2 atom stereocenters. The number of likely N-dealkylation sites (tertiary alicyclic amines) is 1. The van der Waals surface area contributed by atoms with Crippen molar-refractivity contribution in [2.75, 3.05) is 6.54 Å². The maximum absolute atomic E-state index is 13.7. The molecule has 0 radical (unpaired) electrons. The molecule has 8 nitrogen and oxygen atoms in total. The van der Waals surface area contributed by atoms with Crippen LogP contribution < -0.4 is 10.6 Å². The van der Waals surface area contributed by atoms with Crippen LogP contribution in [0.25, 0.3) is 0 Å². The second-order valence-corrected chi connectivity index (χ2v) is 9.83. The molecule has 0 saturated carbocycles. The van der Waals surface area contributed by atoms with E-state index in [-0.39, 0.29) is 18.7 Å². The molecule has 1 rings (SSSR count). The normalized spacial score (nSPS) is 17.6. The summed E-state index contributed by atoms with van der Waals surface area (Å²) in [6.45, 7) is 10.4. The van der Waals surface area contributed by atoms with Gasteiger partial charge in [0.1, 0.15) is 17.3 Å². The Kier molecular flexibility index (Phi) is 9.44. The van der Waals surface area contributed by atoms with Crippen LogP contribution in [-0.4, -0.2) is 64.9 Å². The van der Waals surface area contributed by atoms with E-state index in [4.69, 9.17) is 4.74 Å². The van der Waals surface area contributed by atoms with Crippen molar-refractivity contribution in [2.45, 2.75) is 91.1 Å². The van der Waals surface area contributed by atoms with Gasteiger partial charge in [-0.3, -0.25) is 19.7 Å². The zero-order valence-corrected chi connectivity index (χ0v) is 20.7. The molecule has 0 spiro atoms. The topological polar surface area (TPSA) is 105 Å². The molecule has 0 unspecified atom stereocenters. The number of carbonyl (C=O) groups is 4. The van der Waals surface area contributed by atoms with Gasteiger partial charge in [0.05, 0.1) is 6.04 Å². The van der Waals surface area contributed by atoms with E-state index in [1.807, 2.05) is 5.32 Å². The number of alkyl halides is 5. The van der Waals surface area contributed by atoms with Crippen LogP contribution in [0.5, 0.6) is 0 Å².